The first-order valence-electron chi connectivity index (χ1n) is 15.4. The van der Waals surface area contributed by atoms with Crippen molar-refractivity contribution in [1.29, 1.82) is 0 Å². The molecule has 3 aliphatic rings. The van der Waals surface area contributed by atoms with E-state index in [1.807, 2.05) is 17.0 Å². The van der Waals surface area contributed by atoms with Gasteiger partial charge in [-0.25, -0.2) is 4.79 Å². The molecule has 3 heterocycles. The van der Waals surface area contributed by atoms with Gasteiger partial charge in [-0.15, -0.1) is 0 Å². The minimum Gasteiger partial charge on any atom is -0.493 e. The molecule has 0 saturated carbocycles. The van der Waals surface area contributed by atoms with Gasteiger partial charge in [-0.05, 0) is 76.3 Å². The zero-order valence-corrected chi connectivity index (χ0v) is 27.9. The van der Waals surface area contributed by atoms with E-state index >= 15 is 0 Å². The number of para-hydroxylation sites is 1. The molecule has 0 aromatic heterocycles. The summed E-state index contributed by atoms with van der Waals surface area (Å²) in [7, 11) is 1.56. The first-order chi connectivity index (χ1) is 20.0. The van der Waals surface area contributed by atoms with Gasteiger partial charge in [0.2, 0.25) is 18.2 Å². The van der Waals surface area contributed by atoms with Gasteiger partial charge < -0.3 is 30.3 Å². The zero-order valence-electron chi connectivity index (χ0n) is 27.9. The van der Waals surface area contributed by atoms with Crippen LogP contribution in [-0.4, -0.2) is 78.5 Å². The maximum absolute atomic E-state index is 12.6. The van der Waals surface area contributed by atoms with Gasteiger partial charge in [-0.3, -0.25) is 14.4 Å². The minimum atomic E-state index is -0.725. The molecule has 0 spiro atoms. The van der Waals surface area contributed by atoms with Gasteiger partial charge in [0.15, 0.2) is 0 Å². The highest BCUT2D eigenvalue weighted by Crippen LogP contribution is 2.33. The average molecular weight is 605 g/mol. The van der Waals surface area contributed by atoms with E-state index < -0.39 is 11.7 Å². The van der Waals surface area contributed by atoms with Crippen molar-refractivity contribution in [2.75, 3.05) is 26.7 Å². The molecule has 0 bridgehead atoms. The molecule has 244 valence electrons. The smallest absolute Gasteiger partial charge is 0.405 e. The number of nitrogens with zero attached hydrogens (tertiary/aromatic N) is 2. The summed E-state index contributed by atoms with van der Waals surface area (Å²) in [6.07, 6.45) is 5.47. The third kappa shape index (κ3) is 14.6. The largest absolute Gasteiger partial charge is 0.493 e. The standard InChI is InChI=1S/C17H30N2O2.C9H10O.C5H11NO2.C2H5NO/c1-12(2)8-15(20)18-10-14-7-6-13(3)19(14)16(21)9-17(4,5)11-18;1-2-6-9-8(4-1)5-3-7-10-9;1-5(2,3)8-4(6)7;1-3-2-4/h12-14H,6-11H2,1-5H3;1-2,4,6H,3,5,7H2;1-3H3,(H2,6,7);2H,1H3,(H,3,4)/t13-,14-;;;/m1.../s1. The molecule has 2 saturated heterocycles. The fraction of sp³-hybridized carbons (Fsp3) is 0.697. The Kier molecular flexibility index (Phi) is 15.6. The number of rotatable bonds is 3. The lowest BCUT2D eigenvalue weighted by Crippen LogP contribution is -2.53. The van der Waals surface area contributed by atoms with E-state index in [1.54, 1.807) is 27.8 Å². The summed E-state index contributed by atoms with van der Waals surface area (Å²) in [4.78, 5) is 48.2. The molecule has 4 rings (SSSR count). The van der Waals surface area contributed by atoms with Crippen molar-refractivity contribution in [2.24, 2.45) is 17.1 Å². The monoisotopic (exact) mass is 604 g/mol. The molecule has 3 aliphatic heterocycles. The lowest BCUT2D eigenvalue weighted by atomic mass is 9.86. The maximum atomic E-state index is 12.6. The maximum Gasteiger partial charge on any atom is 0.405 e. The van der Waals surface area contributed by atoms with Crippen molar-refractivity contribution in [3.63, 3.8) is 0 Å². The molecule has 43 heavy (non-hydrogen) atoms. The van der Waals surface area contributed by atoms with Gasteiger partial charge in [0.05, 0.1) is 6.61 Å². The van der Waals surface area contributed by atoms with Crippen LogP contribution in [0.5, 0.6) is 5.75 Å². The highest BCUT2D eigenvalue weighted by Gasteiger charge is 2.41. The Morgan fingerprint density at radius 1 is 1.21 bits per heavy atom. The van der Waals surface area contributed by atoms with E-state index in [0.29, 0.717) is 44.3 Å². The molecule has 1 aromatic carbocycles. The summed E-state index contributed by atoms with van der Waals surface area (Å²) >= 11 is 0. The van der Waals surface area contributed by atoms with Crippen molar-refractivity contribution in [1.82, 2.24) is 15.1 Å². The van der Waals surface area contributed by atoms with Gasteiger partial charge in [0.1, 0.15) is 11.4 Å². The number of ether oxygens (including phenoxy) is 2. The Morgan fingerprint density at radius 2 is 1.84 bits per heavy atom. The number of carbonyl (C=O) groups excluding carboxylic acids is 4. The Bertz CT molecular complexity index is 1010. The number of nitrogens with one attached hydrogen (secondary N) is 1. The number of fused-ring (bicyclic) bond motifs is 2. The quantitative estimate of drug-likeness (QED) is 0.471. The van der Waals surface area contributed by atoms with E-state index in [0.717, 1.165) is 31.6 Å². The molecule has 1 aromatic rings. The van der Waals surface area contributed by atoms with E-state index in [2.05, 4.69) is 61.7 Å². The summed E-state index contributed by atoms with van der Waals surface area (Å²) in [6.45, 7) is 18.1. The lowest BCUT2D eigenvalue weighted by molar-refractivity contribution is -0.144. The summed E-state index contributed by atoms with van der Waals surface area (Å²) in [5.41, 5.74) is 5.48. The normalized spacial score (nSPS) is 20.5. The van der Waals surface area contributed by atoms with Crippen molar-refractivity contribution < 1.29 is 28.7 Å². The zero-order chi connectivity index (χ0) is 32.8. The number of primary amides is 1. The van der Waals surface area contributed by atoms with Crippen molar-refractivity contribution >= 4 is 24.3 Å². The van der Waals surface area contributed by atoms with E-state index in [9.17, 15) is 14.4 Å². The Morgan fingerprint density at radius 3 is 2.35 bits per heavy atom. The van der Waals surface area contributed by atoms with Crippen LogP contribution in [0.25, 0.3) is 0 Å². The molecular formula is C33H56N4O6. The Hall–Kier alpha value is -3.30. The molecule has 4 amide bonds. The summed E-state index contributed by atoms with van der Waals surface area (Å²) < 4.78 is 10.00. The molecule has 10 nitrogen and oxygen atoms in total. The number of carbonyl (C=O) groups is 4. The third-order valence-corrected chi connectivity index (χ3v) is 7.03. The van der Waals surface area contributed by atoms with Crippen LogP contribution in [0.3, 0.4) is 0 Å². The van der Waals surface area contributed by atoms with Crippen LogP contribution in [0.15, 0.2) is 24.3 Å². The van der Waals surface area contributed by atoms with E-state index in [1.165, 1.54) is 12.0 Å². The fourth-order valence-electron chi connectivity index (χ4n) is 5.36. The van der Waals surface area contributed by atoms with Crippen molar-refractivity contribution in [3.8, 4) is 5.75 Å². The molecule has 3 N–H and O–H groups in total. The number of nitrogens with two attached hydrogens (primary N) is 1. The van der Waals surface area contributed by atoms with Gasteiger partial charge >= 0.3 is 6.09 Å². The third-order valence-electron chi connectivity index (χ3n) is 7.03. The van der Waals surface area contributed by atoms with Crippen LogP contribution >= 0.6 is 0 Å². The number of hydrogen-bond donors (Lipinski definition) is 2. The van der Waals surface area contributed by atoms with Crippen molar-refractivity contribution in [2.45, 2.75) is 112 Å². The number of amides is 4. The molecule has 2 atom stereocenters. The second-order valence-electron chi connectivity index (χ2n) is 13.6. The predicted molar refractivity (Wildman–Crippen MR) is 170 cm³/mol. The molecule has 0 unspecified atom stereocenters. The molecule has 0 radical (unpaired) electrons. The fourth-order valence-corrected chi connectivity index (χ4v) is 5.36. The number of benzene rings is 1. The summed E-state index contributed by atoms with van der Waals surface area (Å²) in [5, 5.41) is 2.25. The molecule has 0 aliphatic carbocycles. The van der Waals surface area contributed by atoms with E-state index in [4.69, 9.17) is 15.3 Å². The average Bonchev–Trinajstić information content (AvgIpc) is 3.25. The SMILES string of the molecule is CC(C)(C)OC(N)=O.CC(C)CC(=O)N1C[C@H]2CC[C@@H](C)N2C(=O)CC(C)(C)C1.CNC=O.c1ccc2c(c1)CCCO2. The first-order valence-corrected chi connectivity index (χ1v) is 15.4. The lowest BCUT2D eigenvalue weighted by Gasteiger charge is -2.41. The summed E-state index contributed by atoms with van der Waals surface area (Å²) in [5.74, 6) is 1.97. The Balaban J connectivity index is 0.000000346. The molecule has 2 fully saturated rings. The topological polar surface area (TPSA) is 131 Å². The van der Waals surface area contributed by atoms with Gasteiger partial charge in [-0.1, -0.05) is 45.9 Å². The van der Waals surface area contributed by atoms with Crippen molar-refractivity contribution in [3.05, 3.63) is 29.8 Å². The van der Waals surface area contributed by atoms with Crippen LogP contribution in [0.2, 0.25) is 0 Å². The van der Waals surface area contributed by atoms with Crippen LogP contribution in [0, 0.1) is 11.3 Å². The Labute approximate surface area is 259 Å². The molecule has 10 heteroatoms. The van der Waals surface area contributed by atoms with Crippen LogP contribution < -0.4 is 15.8 Å². The predicted octanol–water partition coefficient (Wildman–Crippen LogP) is 4.92. The highest BCUT2D eigenvalue weighted by atomic mass is 16.6. The second-order valence-corrected chi connectivity index (χ2v) is 13.6. The highest BCUT2D eigenvalue weighted by molar-refractivity contribution is 5.80. The number of hydrogen-bond acceptors (Lipinski definition) is 6. The van der Waals surface area contributed by atoms with Gasteiger partial charge in [0.25, 0.3) is 0 Å². The second kappa shape index (κ2) is 17.7. The molecular weight excluding hydrogens is 548 g/mol. The first kappa shape index (κ1) is 37.7. The van der Waals surface area contributed by atoms with Crippen LogP contribution in [0.1, 0.15) is 93.1 Å². The van der Waals surface area contributed by atoms with Gasteiger partial charge in [0, 0.05) is 45.1 Å². The van der Waals surface area contributed by atoms with E-state index in [-0.39, 0.29) is 23.3 Å². The minimum absolute atomic E-state index is 0.142. The number of aryl methyl sites for hydroxylation is 1. The van der Waals surface area contributed by atoms with Crippen LogP contribution in [0.4, 0.5) is 4.79 Å². The van der Waals surface area contributed by atoms with Gasteiger partial charge in [-0.2, -0.15) is 0 Å². The van der Waals surface area contributed by atoms with Crippen LogP contribution in [-0.2, 0) is 25.5 Å². The summed E-state index contributed by atoms with van der Waals surface area (Å²) in [6, 6.07) is 8.79.